The average molecular weight is 142 g/mol. The molecule has 10 heavy (non-hydrogen) atoms. The second kappa shape index (κ2) is 3.82. The van der Waals surface area contributed by atoms with Gasteiger partial charge in [0.15, 0.2) is 0 Å². The van der Waals surface area contributed by atoms with E-state index < -0.39 is 11.7 Å². The van der Waals surface area contributed by atoms with E-state index in [0.29, 0.717) is 0 Å². The molecule has 0 aromatic carbocycles. The molecule has 3 heteroatoms. The summed E-state index contributed by atoms with van der Waals surface area (Å²) < 4.78 is 4.53. The van der Waals surface area contributed by atoms with Crippen LogP contribution >= 0.6 is 0 Å². The van der Waals surface area contributed by atoms with E-state index >= 15 is 0 Å². The quantitative estimate of drug-likeness (QED) is 0.394. The zero-order valence-corrected chi connectivity index (χ0v) is 6.14. The zero-order valence-electron chi connectivity index (χ0n) is 6.14. The van der Waals surface area contributed by atoms with E-state index in [1.165, 1.54) is 6.92 Å². The Balaban J connectivity index is 4.19. The highest BCUT2D eigenvalue weighted by molar-refractivity contribution is 5.17. The highest BCUT2D eigenvalue weighted by Crippen LogP contribution is 2.03. The van der Waals surface area contributed by atoms with Crippen molar-refractivity contribution in [2.45, 2.75) is 13.8 Å². The molecule has 0 rings (SSSR count). The van der Waals surface area contributed by atoms with Crippen LogP contribution in [-0.4, -0.2) is 6.61 Å². The van der Waals surface area contributed by atoms with Crippen LogP contribution in [0.3, 0.4) is 0 Å². The molecular formula is C7H10O3-2. The Labute approximate surface area is 60.3 Å². The molecule has 0 unspecified atom stereocenters. The van der Waals surface area contributed by atoms with E-state index in [4.69, 9.17) is 0 Å². The SMILES string of the molecule is C=C([O-])/C(C)=C(\[O-])OCC. The van der Waals surface area contributed by atoms with Crippen molar-refractivity contribution >= 4 is 0 Å². The van der Waals surface area contributed by atoms with Gasteiger partial charge >= 0.3 is 0 Å². The van der Waals surface area contributed by atoms with Gasteiger partial charge in [-0.2, -0.15) is 0 Å². The van der Waals surface area contributed by atoms with Gasteiger partial charge in [0.2, 0.25) is 0 Å². The fraction of sp³-hybridized carbons (Fsp3) is 0.429. The number of rotatable bonds is 3. The third-order valence-corrected chi connectivity index (χ3v) is 1.000. The molecular weight excluding hydrogens is 132 g/mol. The predicted octanol–water partition coefficient (Wildman–Crippen LogP) is -0.511. The maximum absolute atomic E-state index is 10.7. The smallest absolute Gasteiger partial charge is 0.0536 e. The Kier molecular flexibility index (Phi) is 3.39. The first kappa shape index (κ1) is 8.88. The van der Waals surface area contributed by atoms with Gasteiger partial charge < -0.3 is 14.9 Å². The van der Waals surface area contributed by atoms with Gasteiger partial charge in [-0.05, 0) is 19.1 Å². The van der Waals surface area contributed by atoms with Crippen molar-refractivity contribution in [2.24, 2.45) is 0 Å². The standard InChI is InChI=1S/C7H12O3/c1-4-10-7(9)5(2)6(3)8/h8-9H,3-4H2,1-2H3/p-2/b7-5+. The highest BCUT2D eigenvalue weighted by atomic mass is 16.6. The third kappa shape index (κ3) is 2.44. The lowest BCUT2D eigenvalue weighted by atomic mass is 10.3. The number of hydrogen-bond donors (Lipinski definition) is 0. The molecule has 0 saturated heterocycles. The molecule has 0 aliphatic rings. The molecule has 0 saturated carbocycles. The molecule has 0 aromatic rings. The van der Waals surface area contributed by atoms with E-state index in [0.717, 1.165) is 0 Å². The molecule has 0 spiro atoms. The maximum Gasteiger partial charge on any atom is 0.0536 e. The molecule has 0 radical (unpaired) electrons. The summed E-state index contributed by atoms with van der Waals surface area (Å²) in [4.78, 5) is 0. The van der Waals surface area contributed by atoms with Crippen LogP contribution in [0.15, 0.2) is 23.9 Å². The Morgan fingerprint density at radius 2 is 2.00 bits per heavy atom. The van der Waals surface area contributed by atoms with Gasteiger partial charge in [-0.1, -0.05) is 6.92 Å². The summed E-state index contributed by atoms with van der Waals surface area (Å²) in [6.07, 6.45) is 0. The first-order chi connectivity index (χ1) is 4.59. The molecule has 58 valence electrons. The Morgan fingerprint density at radius 3 is 2.30 bits per heavy atom. The number of hydrogen-bond acceptors (Lipinski definition) is 3. The van der Waals surface area contributed by atoms with E-state index in [1.807, 2.05) is 0 Å². The Morgan fingerprint density at radius 1 is 1.50 bits per heavy atom. The molecule has 0 fully saturated rings. The molecule has 0 amide bonds. The van der Waals surface area contributed by atoms with Crippen LogP contribution in [0.2, 0.25) is 0 Å². The largest absolute Gasteiger partial charge is 0.873 e. The monoisotopic (exact) mass is 142 g/mol. The van der Waals surface area contributed by atoms with Crippen LogP contribution in [-0.2, 0) is 4.74 Å². The maximum atomic E-state index is 10.7. The first-order valence-corrected chi connectivity index (χ1v) is 2.96. The topological polar surface area (TPSA) is 55.3 Å². The first-order valence-electron chi connectivity index (χ1n) is 2.96. The van der Waals surface area contributed by atoms with Gasteiger partial charge in [0.25, 0.3) is 0 Å². The van der Waals surface area contributed by atoms with Crippen LogP contribution in [0.5, 0.6) is 0 Å². The van der Waals surface area contributed by atoms with Gasteiger partial charge in [0, 0.05) is 0 Å². The Bertz CT molecular complexity index is 158. The van der Waals surface area contributed by atoms with Crippen LogP contribution in [0.25, 0.3) is 0 Å². The summed E-state index contributed by atoms with van der Waals surface area (Å²) in [7, 11) is 0. The van der Waals surface area contributed by atoms with E-state index in [-0.39, 0.29) is 12.2 Å². The second-order valence-electron chi connectivity index (χ2n) is 1.77. The van der Waals surface area contributed by atoms with Crippen molar-refractivity contribution in [3.63, 3.8) is 0 Å². The van der Waals surface area contributed by atoms with Gasteiger partial charge in [-0.25, -0.2) is 0 Å². The average Bonchev–Trinajstić information content (AvgIpc) is 1.87. The van der Waals surface area contributed by atoms with Crippen LogP contribution < -0.4 is 10.2 Å². The Hall–Kier alpha value is -1.12. The van der Waals surface area contributed by atoms with Crippen molar-refractivity contribution in [3.05, 3.63) is 23.9 Å². The minimum atomic E-state index is -0.581. The van der Waals surface area contributed by atoms with Crippen molar-refractivity contribution in [3.8, 4) is 0 Å². The van der Waals surface area contributed by atoms with Gasteiger partial charge in [0.05, 0.1) is 5.95 Å². The highest BCUT2D eigenvalue weighted by Gasteiger charge is 1.86. The van der Waals surface area contributed by atoms with Crippen LogP contribution in [0.1, 0.15) is 13.8 Å². The fourth-order valence-electron chi connectivity index (χ4n) is 0.353. The molecule has 0 atom stereocenters. The normalized spacial score (nSPS) is 12.2. The van der Waals surface area contributed by atoms with E-state index in [1.54, 1.807) is 6.92 Å². The molecule has 0 aromatic heterocycles. The fourth-order valence-corrected chi connectivity index (χ4v) is 0.353. The van der Waals surface area contributed by atoms with Gasteiger partial charge in [-0.3, -0.25) is 0 Å². The van der Waals surface area contributed by atoms with Crippen molar-refractivity contribution in [1.29, 1.82) is 0 Å². The summed E-state index contributed by atoms with van der Waals surface area (Å²) in [6.45, 7) is 6.42. The number of allylic oxidation sites excluding steroid dienone is 1. The molecule has 0 aliphatic heterocycles. The predicted molar refractivity (Wildman–Crippen MR) is 33.5 cm³/mol. The molecule has 3 nitrogen and oxygen atoms in total. The lowest BCUT2D eigenvalue weighted by Crippen LogP contribution is -2.15. The molecule has 0 N–H and O–H groups in total. The zero-order chi connectivity index (χ0) is 8.15. The lowest BCUT2D eigenvalue weighted by molar-refractivity contribution is -0.362. The third-order valence-electron chi connectivity index (χ3n) is 1.000. The van der Waals surface area contributed by atoms with Gasteiger partial charge in [0.1, 0.15) is 0 Å². The van der Waals surface area contributed by atoms with E-state index in [2.05, 4.69) is 11.3 Å². The summed E-state index contributed by atoms with van der Waals surface area (Å²) in [5, 5.41) is 21.1. The summed E-state index contributed by atoms with van der Waals surface area (Å²) in [5.74, 6) is -1.07. The van der Waals surface area contributed by atoms with Crippen molar-refractivity contribution < 1.29 is 14.9 Å². The lowest BCUT2D eigenvalue weighted by Gasteiger charge is -2.19. The summed E-state index contributed by atoms with van der Waals surface area (Å²) in [6, 6.07) is 0. The summed E-state index contributed by atoms with van der Waals surface area (Å²) >= 11 is 0. The minimum Gasteiger partial charge on any atom is -0.873 e. The summed E-state index contributed by atoms with van der Waals surface area (Å²) in [5.41, 5.74) is 0.0434. The van der Waals surface area contributed by atoms with Crippen molar-refractivity contribution in [2.75, 3.05) is 6.61 Å². The minimum absolute atomic E-state index is 0.0434. The van der Waals surface area contributed by atoms with Crippen LogP contribution in [0, 0.1) is 0 Å². The number of ether oxygens (including phenoxy) is 1. The molecule has 0 bridgehead atoms. The van der Waals surface area contributed by atoms with Crippen molar-refractivity contribution in [1.82, 2.24) is 0 Å². The van der Waals surface area contributed by atoms with Crippen LogP contribution in [0.4, 0.5) is 0 Å². The van der Waals surface area contributed by atoms with Gasteiger partial charge in [-0.15, -0.1) is 12.3 Å². The molecule has 0 aliphatic carbocycles. The van der Waals surface area contributed by atoms with E-state index in [9.17, 15) is 10.2 Å². The second-order valence-corrected chi connectivity index (χ2v) is 1.77. The molecule has 0 heterocycles.